The van der Waals surface area contributed by atoms with E-state index in [1.165, 1.54) is 6.26 Å². The van der Waals surface area contributed by atoms with Crippen LogP contribution in [0.5, 0.6) is 0 Å². The molecule has 2 rings (SSSR count). The van der Waals surface area contributed by atoms with Gasteiger partial charge in [-0.1, -0.05) is 18.2 Å². The maximum atomic E-state index is 11.4. The van der Waals surface area contributed by atoms with E-state index in [2.05, 4.69) is 5.43 Å². The minimum absolute atomic E-state index is 0.000509. The molecule has 1 aromatic carbocycles. The summed E-state index contributed by atoms with van der Waals surface area (Å²) in [6.45, 7) is 0. The fourth-order valence-corrected chi connectivity index (χ4v) is 3.67. The number of nitrogens with one attached hydrogen (secondary N) is 1. The molecule has 4 nitrogen and oxygen atoms in total. The molecule has 0 radical (unpaired) electrons. The van der Waals surface area contributed by atoms with Crippen LogP contribution in [0.15, 0.2) is 29.6 Å². The van der Waals surface area contributed by atoms with Crippen LogP contribution in [0.1, 0.15) is 11.6 Å². The van der Waals surface area contributed by atoms with E-state index >= 15 is 0 Å². The summed E-state index contributed by atoms with van der Waals surface area (Å²) in [7, 11) is -3.07. The van der Waals surface area contributed by atoms with Gasteiger partial charge in [-0.3, -0.25) is 11.3 Å². The SMILES string of the molecule is CS(=O)(=O)CC(NN)c1cccc2ccsc12. The molecule has 6 heteroatoms. The Kier molecular flexibility index (Phi) is 3.48. The van der Waals surface area contributed by atoms with Gasteiger partial charge in [-0.2, -0.15) is 0 Å². The highest BCUT2D eigenvalue weighted by atomic mass is 32.2. The average Bonchev–Trinajstić information content (AvgIpc) is 2.72. The van der Waals surface area contributed by atoms with E-state index < -0.39 is 9.84 Å². The van der Waals surface area contributed by atoms with Crippen LogP contribution < -0.4 is 11.3 Å². The van der Waals surface area contributed by atoms with Crippen molar-refractivity contribution in [1.29, 1.82) is 0 Å². The number of hydrazine groups is 1. The Morgan fingerprint density at radius 2 is 2.18 bits per heavy atom. The zero-order valence-corrected chi connectivity index (χ0v) is 11.0. The van der Waals surface area contributed by atoms with Crippen LogP contribution >= 0.6 is 11.3 Å². The number of fused-ring (bicyclic) bond motifs is 1. The first-order chi connectivity index (χ1) is 8.01. The molecule has 1 atom stereocenters. The fourth-order valence-electron chi connectivity index (χ4n) is 1.82. The molecule has 0 fully saturated rings. The van der Waals surface area contributed by atoms with E-state index in [1.807, 2.05) is 29.6 Å². The summed E-state index contributed by atoms with van der Waals surface area (Å²) in [6, 6.07) is 7.47. The zero-order valence-electron chi connectivity index (χ0n) is 9.38. The van der Waals surface area contributed by atoms with Gasteiger partial charge < -0.3 is 0 Å². The molecule has 0 aliphatic heterocycles. The third-order valence-electron chi connectivity index (χ3n) is 2.56. The second-order valence-electron chi connectivity index (χ2n) is 4.00. The third kappa shape index (κ3) is 2.84. The van der Waals surface area contributed by atoms with E-state index in [0.29, 0.717) is 0 Å². The molecule has 17 heavy (non-hydrogen) atoms. The molecular weight excluding hydrogens is 256 g/mol. The van der Waals surface area contributed by atoms with Crippen molar-refractivity contribution in [3.63, 3.8) is 0 Å². The van der Waals surface area contributed by atoms with Crippen molar-refractivity contribution in [1.82, 2.24) is 5.43 Å². The predicted molar refractivity (Wildman–Crippen MR) is 71.6 cm³/mol. The van der Waals surface area contributed by atoms with E-state index in [1.54, 1.807) is 11.3 Å². The molecule has 92 valence electrons. The van der Waals surface area contributed by atoms with Gasteiger partial charge in [0.25, 0.3) is 0 Å². The molecule has 0 saturated carbocycles. The zero-order chi connectivity index (χ0) is 12.5. The van der Waals surface area contributed by atoms with Crippen LogP contribution in [0.4, 0.5) is 0 Å². The minimum atomic E-state index is -3.07. The van der Waals surface area contributed by atoms with Gasteiger partial charge in [-0.15, -0.1) is 11.3 Å². The maximum absolute atomic E-state index is 11.4. The molecule has 0 aliphatic carbocycles. The Hall–Kier alpha value is -0.950. The van der Waals surface area contributed by atoms with Crippen LogP contribution in [0, 0.1) is 0 Å². The molecule has 0 saturated heterocycles. The second kappa shape index (κ2) is 4.73. The Labute approximate surface area is 104 Å². The van der Waals surface area contributed by atoms with E-state index in [9.17, 15) is 8.42 Å². The van der Waals surface area contributed by atoms with Crippen LogP contribution in [0.2, 0.25) is 0 Å². The van der Waals surface area contributed by atoms with E-state index in [4.69, 9.17) is 5.84 Å². The van der Waals surface area contributed by atoms with E-state index in [-0.39, 0.29) is 11.8 Å². The summed E-state index contributed by atoms with van der Waals surface area (Å²) in [5, 5.41) is 3.10. The molecule has 0 amide bonds. The normalized spacial score (nSPS) is 14.0. The van der Waals surface area contributed by atoms with Crippen LogP contribution in [-0.4, -0.2) is 20.4 Å². The number of hydrogen-bond donors (Lipinski definition) is 2. The van der Waals surface area contributed by atoms with Crippen molar-refractivity contribution in [3.05, 3.63) is 35.2 Å². The summed E-state index contributed by atoms with van der Waals surface area (Å²) >= 11 is 1.59. The molecule has 2 aromatic rings. The molecule has 0 spiro atoms. The highest BCUT2D eigenvalue weighted by molar-refractivity contribution is 7.90. The van der Waals surface area contributed by atoms with Crippen molar-refractivity contribution in [3.8, 4) is 0 Å². The van der Waals surface area contributed by atoms with Crippen molar-refractivity contribution in [2.24, 2.45) is 5.84 Å². The molecule has 1 aromatic heterocycles. The second-order valence-corrected chi connectivity index (χ2v) is 7.10. The number of nitrogens with two attached hydrogens (primary N) is 1. The first-order valence-corrected chi connectivity index (χ1v) is 8.05. The Bertz CT molecular complexity index is 619. The summed E-state index contributed by atoms with van der Waals surface area (Å²) < 4.78 is 23.8. The van der Waals surface area contributed by atoms with Gasteiger partial charge in [0.15, 0.2) is 0 Å². The highest BCUT2D eigenvalue weighted by Crippen LogP contribution is 2.29. The van der Waals surface area contributed by atoms with Crippen molar-refractivity contribution < 1.29 is 8.42 Å². The smallest absolute Gasteiger partial charge is 0.149 e. The summed E-state index contributed by atoms with van der Waals surface area (Å²) in [4.78, 5) is 0. The number of rotatable bonds is 4. The molecule has 0 bridgehead atoms. The number of hydrogen-bond acceptors (Lipinski definition) is 5. The van der Waals surface area contributed by atoms with Crippen LogP contribution in [0.3, 0.4) is 0 Å². The van der Waals surface area contributed by atoms with Crippen molar-refractivity contribution in [2.75, 3.05) is 12.0 Å². The maximum Gasteiger partial charge on any atom is 0.149 e. The molecule has 0 aliphatic rings. The monoisotopic (exact) mass is 270 g/mol. The number of thiophene rings is 1. The highest BCUT2D eigenvalue weighted by Gasteiger charge is 2.18. The Morgan fingerprint density at radius 3 is 2.82 bits per heavy atom. The summed E-state index contributed by atoms with van der Waals surface area (Å²) in [6.07, 6.45) is 1.21. The van der Waals surface area contributed by atoms with Gasteiger partial charge in [0.2, 0.25) is 0 Å². The quantitative estimate of drug-likeness (QED) is 0.651. The van der Waals surface area contributed by atoms with Gasteiger partial charge in [0.05, 0.1) is 11.8 Å². The molecular formula is C11H14N2O2S2. The van der Waals surface area contributed by atoms with Crippen molar-refractivity contribution in [2.45, 2.75) is 6.04 Å². The van der Waals surface area contributed by atoms with E-state index in [0.717, 1.165) is 15.6 Å². The topological polar surface area (TPSA) is 72.2 Å². The third-order valence-corrected chi connectivity index (χ3v) is 4.47. The first kappa shape index (κ1) is 12.5. The van der Waals surface area contributed by atoms with Gasteiger partial charge in [-0.05, 0) is 22.4 Å². The van der Waals surface area contributed by atoms with Gasteiger partial charge in [-0.25, -0.2) is 8.42 Å². The lowest BCUT2D eigenvalue weighted by Gasteiger charge is -2.16. The molecule has 1 unspecified atom stereocenters. The standard InChI is InChI=1S/C11H14N2O2S2/c1-17(14,15)7-10(13-12)9-4-2-3-8-5-6-16-11(8)9/h2-6,10,13H,7,12H2,1H3. The molecule has 3 N–H and O–H groups in total. The largest absolute Gasteiger partial charge is 0.271 e. The first-order valence-electron chi connectivity index (χ1n) is 5.11. The van der Waals surface area contributed by atoms with Gasteiger partial charge in [0.1, 0.15) is 9.84 Å². The van der Waals surface area contributed by atoms with Crippen LogP contribution in [0.25, 0.3) is 10.1 Å². The lowest BCUT2D eigenvalue weighted by molar-refractivity contribution is 0.566. The van der Waals surface area contributed by atoms with Gasteiger partial charge >= 0.3 is 0 Å². The van der Waals surface area contributed by atoms with Crippen molar-refractivity contribution >= 4 is 31.3 Å². The van der Waals surface area contributed by atoms with Gasteiger partial charge in [0, 0.05) is 11.0 Å². The number of sulfone groups is 1. The lowest BCUT2D eigenvalue weighted by atomic mass is 10.1. The number of benzene rings is 1. The minimum Gasteiger partial charge on any atom is -0.271 e. The lowest BCUT2D eigenvalue weighted by Crippen LogP contribution is -2.33. The Balaban J connectivity index is 2.46. The molecule has 1 heterocycles. The Morgan fingerprint density at radius 1 is 1.41 bits per heavy atom. The predicted octanol–water partition coefficient (Wildman–Crippen LogP) is 1.45. The fraction of sp³-hybridized carbons (Fsp3) is 0.273. The summed E-state index contributed by atoms with van der Waals surface area (Å²) in [5.41, 5.74) is 3.52. The van der Waals surface area contributed by atoms with Crippen LogP contribution in [-0.2, 0) is 9.84 Å². The average molecular weight is 270 g/mol. The summed E-state index contributed by atoms with van der Waals surface area (Å²) in [5.74, 6) is 5.46.